The van der Waals surface area contributed by atoms with Crippen molar-refractivity contribution in [1.82, 2.24) is 10.2 Å². The van der Waals surface area contributed by atoms with Crippen LogP contribution in [0, 0.1) is 0 Å². The third-order valence-electron chi connectivity index (χ3n) is 3.31. The average molecular weight is 262 g/mol. The fraction of sp³-hybridized carbons (Fsp3) is 0.533. The van der Waals surface area contributed by atoms with Crippen LogP contribution in [-0.2, 0) is 11.2 Å². The molecule has 1 aromatic rings. The Bertz CT molecular complexity index is 414. The number of rotatable bonds is 5. The van der Waals surface area contributed by atoms with Crippen molar-refractivity contribution in [3.05, 3.63) is 29.8 Å². The number of piperazine rings is 1. The second-order valence-corrected chi connectivity index (χ2v) is 4.71. The van der Waals surface area contributed by atoms with E-state index in [9.17, 15) is 4.79 Å². The van der Waals surface area contributed by atoms with E-state index in [0.717, 1.165) is 43.9 Å². The zero-order valence-corrected chi connectivity index (χ0v) is 11.5. The van der Waals surface area contributed by atoms with Gasteiger partial charge >= 0.3 is 0 Å². The number of nitrogens with one attached hydrogen (secondary N) is 1. The van der Waals surface area contributed by atoms with E-state index in [4.69, 9.17) is 4.74 Å². The Labute approximate surface area is 114 Å². The lowest BCUT2D eigenvalue weighted by atomic mass is 10.1. The van der Waals surface area contributed by atoms with Crippen LogP contribution < -0.4 is 10.1 Å². The molecule has 0 aromatic heterocycles. The molecule has 2 rings (SSSR count). The first-order valence-corrected chi connectivity index (χ1v) is 7.00. The largest absolute Gasteiger partial charge is 0.494 e. The van der Waals surface area contributed by atoms with Gasteiger partial charge in [-0.1, -0.05) is 12.1 Å². The highest BCUT2D eigenvalue weighted by Gasteiger charge is 2.15. The molecule has 0 aliphatic carbocycles. The predicted molar refractivity (Wildman–Crippen MR) is 75.4 cm³/mol. The van der Waals surface area contributed by atoms with Crippen molar-refractivity contribution in [2.45, 2.75) is 19.8 Å². The van der Waals surface area contributed by atoms with Crippen LogP contribution in [0.4, 0.5) is 0 Å². The molecule has 0 bridgehead atoms. The minimum absolute atomic E-state index is 0.253. The monoisotopic (exact) mass is 262 g/mol. The average Bonchev–Trinajstić information content (AvgIpc) is 2.46. The molecule has 0 unspecified atom stereocenters. The van der Waals surface area contributed by atoms with Gasteiger partial charge in [-0.25, -0.2) is 0 Å². The summed E-state index contributed by atoms with van der Waals surface area (Å²) in [5, 5.41) is 3.25. The molecule has 0 atom stereocenters. The van der Waals surface area contributed by atoms with Crippen molar-refractivity contribution in [1.29, 1.82) is 0 Å². The summed E-state index contributed by atoms with van der Waals surface area (Å²) in [6.45, 7) is 6.12. The van der Waals surface area contributed by atoms with Crippen LogP contribution in [0.2, 0.25) is 0 Å². The number of benzene rings is 1. The van der Waals surface area contributed by atoms with Crippen LogP contribution in [-0.4, -0.2) is 43.6 Å². The lowest BCUT2D eigenvalue weighted by Gasteiger charge is -2.27. The molecule has 1 N–H and O–H groups in total. The number of hydrogen-bond donors (Lipinski definition) is 1. The Balaban J connectivity index is 1.83. The van der Waals surface area contributed by atoms with Crippen LogP contribution >= 0.6 is 0 Å². The third kappa shape index (κ3) is 4.24. The standard InChI is InChI=1S/C15H22N2O2/c1-2-19-14-5-3-4-13(12-14)6-7-15(18)17-10-8-16-9-11-17/h3-5,12,16H,2,6-11H2,1H3. The quantitative estimate of drug-likeness (QED) is 0.873. The molecule has 4 heteroatoms. The molecule has 0 radical (unpaired) electrons. The number of aryl methyl sites for hydroxylation is 1. The number of amides is 1. The van der Waals surface area contributed by atoms with Crippen molar-refractivity contribution >= 4 is 5.91 Å². The molecule has 0 saturated carbocycles. The predicted octanol–water partition coefficient (Wildman–Crippen LogP) is 1.45. The van der Waals surface area contributed by atoms with E-state index in [1.165, 1.54) is 0 Å². The second-order valence-electron chi connectivity index (χ2n) is 4.71. The molecular weight excluding hydrogens is 240 g/mol. The first-order valence-electron chi connectivity index (χ1n) is 7.00. The first-order chi connectivity index (χ1) is 9.29. The summed E-state index contributed by atoms with van der Waals surface area (Å²) in [5.74, 6) is 1.14. The SMILES string of the molecule is CCOc1cccc(CCC(=O)N2CCNCC2)c1. The van der Waals surface area contributed by atoms with E-state index in [1.54, 1.807) is 0 Å². The van der Waals surface area contributed by atoms with Gasteiger partial charge in [0.15, 0.2) is 0 Å². The Morgan fingerprint density at radius 2 is 2.16 bits per heavy atom. The maximum absolute atomic E-state index is 12.0. The maximum Gasteiger partial charge on any atom is 0.222 e. The van der Waals surface area contributed by atoms with Gasteiger partial charge in [0.1, 0.15) is 5.75 Å². The van der Waals surface area contributed by atoms with Gasteiger partial charge in [0, 0.05) is 32.6 Å². The van der Waals surface area contributed by atoms with E-state index in [-0.39, 0.29) is 5.91 Å². The minimum atomic E-state index is 0.253. The summed E-state index contributed by atoms with van der Waals surface area (Å²) < 4.78 is 5.47. The Morgan fingerprint density at radius 3 is 2.89 bits per heavy atom. The van der Waals surface area contributed by atoms with Gasteiger partial charge in [0.2, 0.25) is 5.91 Å². The van der Waals surface area contributed by atoms with E-state index >= 15 is 0 Å². The van der Waals surface area contributed by atoms with Crippen molar-refractivity contribution in [3.8, 4) is 5.75 Å². The number of carbonyl (C=O) groups excluding carboxylic acids is 1. The summed E-state index contributed by atoms with van der Waals surface area (Å²) in [6.07, 6.45) is 1.36. The highest BCUT2D eigenvalue weighted by molar-refractivity contribution is 5.76. The van der Waals surface area contributed by atoms with Crippen LogP contribution in [0.15, 0.2) is 24.3 Å². The van der Waals surface area contributed by atoms with E-state index in [0.29, 0.717) is 13.0 Å². The Kier molecular flexibility index (Phi) is 5.21. The summed E-state index contributed by atoms with van der Waals surface area (Å²) in [6, 6.07) is 8.00. The topological polar surface area (TPSA) is 41.6 Å². The van der Waals surface area contributed by atoms with Crippen molar-refractivity contribution in [2.24, 2.45) is 0 Å². The number of carbonyl (C=O) groups is 1. The number of ether oxygens (including phenoxy) is 1. The molecular formula is C15H22N2O2. The van der Waals surface area contributed by atoms with Gasteiger partial charge in [-0.3, -0.25) is 4.79 Å². The second kappa shape index (κ2) is 7.14. The van der Waals surface area contributed by atoms with Gasteiger partial charge in [0.05, 0.1) is 6.61 Å². The van der Waals surface area contributed by atoms with Gasteiger partial charge < -0.3 is 15.0 Å². The molecule has 19 heavy (non-hydrogen) atoms. The molecule has 0 spiro atoms. The van der Waals surface area contributed by atoms with E-state index in [1.807, 2.05) is 36.1 Å². The summed E-state index contributed by atoms with van der Waals surface area (Å²) in [7, 11) is 0. The zero-order valence-electron chi connectivity index (χ0n) is 11.5. The van der Waals surface area contributed by atoms with Crippen LogP contribution in [0.5, 0.6) is 5.75 Å². The van der Waals surface area contributed by atoms with Crippen molar-refractivity contribution in [2.75, 3.05) is 32.8 Å². The molecule has 1 saturated heterocycles. The Morgan fingerprint density at radius 1 is 1.37 bits per heavy atom. The number of nitrogens with zero attached hydrogens (tertiary/aromatic N) is 1. The maximum atomic E-state index is 12.0. The molecule has 1 aliphatic heterocycles. The molecule has 1 fully saturated rings. The Hall–Kier alpha value is -1.55. The molecule has 1 aliphatic rings. The summed E-state index contributed by atoms with van der Waals surface area (Å²) in [5.41, 5.74) is 1.16. The highest BCUT2D eigenvalue weighted by atomic mass is 16.5. The molecule has 1 heterocycles. The van der Waals surface area contributed by atoms with Crippen molar-refractivity contribution in [3.63, 3.8) is 0 Å². The third-order valence-corrected chi connectivity index (χ3v) is 3.31. The minimum Gasteiger partial charge on any atom is -0.494 e. The van der Waals surface area contributed by atoms with Crippen LogP contribution in [0.3, 0.4) is 0 Å². The molecule has 1 amide bonds. The normalized spacial score (nSPS) is 15.3. The van der Waals surface area contributed by atoms with E-state index < -0.39 is 0 Å². The lowest BCUT2D eigenvalue weighted by molar-refractivity contribution is -0.131. The number of hydrogen-bond acceptors (Lipinski definition) is 3. The van der Waals surface area contributed by atoms with Gasteiger partial charge in [0.25, 0.3) is 0 Å². The highest BCUT2D eigenvalue weighted by Crippen LogP contribution is 2.15. The van der Waals surface area contributed by atoms with Gasteiger partial charge in [-0.05, 0) is 31.0 Å². The molecule has 4 nitrogen and oxygen atoms in total. The fourth-order valence-corrected chi connectivity index (χ4v) is 2.28. The zero-order chi connectivity index (χ0) is 13.5. The first kappa shape index (κ1) is 13.9. The van der Waals surface area contributed by atoms with Crippen LogP contribution in [0.1, 0.15) is 18.9 Å². The fourth-order valence-electron chi connectivity index (χ4n) is 2.28. The lowest BCUT2D eigenvalue weighted by Crippen LogP contribution is -2.46. The van der Waals surface area contributed by atoms with Gasteiger partial charge in [-0.2, -0.15) is 0 Å². The van der Waals surface area contributed by atoms with Crippen LogP contribution in [0.25, 0.3) is 0 Å². The van der Waals surface area contributed by atoms with Gasteiger partial charge in [-0.15, -0.1) is 0 Å². The van der Waals surface area contributed by atoms with Crippen molar-refractivity contribution < 1.29 is 9.53 Å². The molecule has 104 valence electrons. The van der Waals surface area contributed by atoms with E-state index in [2.05, 4.69) is 5.32 Å². The smallest absolute Gasteiger partial charge is 0.222 e. The molecule has 1 aromatic carbocycles. The summed E-state index contributed by atoms with van der Waals surface area (Å²) >= 11 is 0. The summed E-state index contributed by atoms with van der Waals surface area (Å²) in [4.78, 5) is 14.0.